The Morgan fingerprint density at radius 1 is 1.05 bits per heavy atom. The van der Waals surface area contributed by atoms with Gasteiger partial charge >= 0.3 is 0 Å². The summed E-state index contributed by atoms with van der Waals surface area (Å²) in [6.45, 7) is 9.29. The van der Waals surface area contributed by atoms with Crippen LogP contribution in [0, 0.1) is 20.8 Å². The van der Waals surface area contributed by atoms with Gasteiger partial charge in [-0.25, -0.2) is 0 Å². The molecule has 0 unspecified atom stereocenters. The lowest BCUT2D eigenvalue weighted by Crippen LogP contribution is -2.22. The van der Waals surface area contributed by atoms with Crippen molar-refractivity contribution in [3.8, 4) is 0 Å². The van der Waals surface area contributed by atoms with Crippen LogP contribution in [-0.4, -0.2) is 19.3 Å². The first kappa shape index (κ1) is 14.5. The normalized spacial score (nSPS) is 16.2. The molecule has 2 rings (SSSR count). The van der Waals surface area contributed by atoms with Crippen molar-refractivity contribution in [2.24, 2.45) is 0 Å². The van der Waals surface area contributed by atoms with Crippen molar-refractivity contribution in [3.63, 3.8) is 0 Å². The second kappa shape index (κ2) is 7.06. The van der Waals surface area contributed by atoms with Crippen LogP contribution < -0.4 is 5.32 Å². The lowest BCUT2D eigenvalue weighted by molar-refractivity contribution is 0.0602. The summed E-state index contributed by atoms with van der Waals surface area (Å²) in [7, 11) is 0. The Kier molecular flexibility index (Phi) is 5.41. The van der Waals surface area contributed by atoms with Crippen LogP contribution in [0.3, 0.4) is 0 Å². The lowest BCUT2D eigenvalue weighted by atomic mass is 10.0. The molecular formula is C17H27NO. The van der Waals surface area contributed by atoms with E-state index in [0.717, 1.165) is 19.7 Å². The van der Waals surface area contributed by atoms with E-state index >= 15 is 0 Å². The maximum atomic E-state index is 5.85. The molecule has 2 nitrogen and oxygen atoms in total. The SMILES string of the molecule is Cc1cc(C)c(CNCCOC2CCCC2)cc1C. The van der Waals surface area contributed by atoms with Crippen molar-refractivity contribution >= 4 is 0 Å². The Morgan fingerprint density at radius 2 is 1.74 bits per heavy atom. The zero-order chi connectivity index (χ0) is 13.7. The van der Waals surface area contributed by atoms with E-state index in [9.17, 15) is 0 Å². The summed E-state index contributed by atoms with van der Waals surface area (Å²) in [5.41, 5.74) is 5.55. The fourth-order valence-corrected chi connectivity index (χ4v) is 2.79. The van der Waals surface area contributed by atoms with Crippen molar-refractivity contribution in [3.05, 3.63) is 34.4 Å². The van der Waals surface area contributed by atoms with Crippen LogP contribution in [-0.2, 0) is 11.3 Å². The van der Waals surface area contributed by atoms with Gasteiger partial charge in [0.15, 0.2) is 0 Å². The van der Waals surface area contributed by atoms with Crippen LogP contribution in [0.1, 0.15) is 47.9 Å². The van der Waals surface area contributed by atoms with Gasteiger partial charge < -0.3 is 10.1 Å². The Bertz CT molecular complexity index is 408. The van der Waals surface area contributed by atoms with Crippen molar-refractivity contribution in [2.45, 2.75) is 59.1 Å². The summed E-state index contributed by atoms with van der Waals surface area (Å²) in [5.74, 6) is 0. The van der Waals surface area contributed by atoms with Crippen LogP contribution in [0.5, 0.6) is 0 Å². The molecule has 106 valence electrons. The van der Waals surface area contributed by atoms with Crippen molar-refractivity contribution in [2.75, 3.05) is 13.2 Å². The third-order valence-electron chi connectivity index (χ3n) is 4.20. The second-order valence-corrected chi connectivity index (χ2v) is 5.82. The van der Waals surface area contributed by atoms with Crippen LogP contribution in [0.25, 0.3) is 0 Å². The number of aryl methyl sites for hydroxylation is 3. The molecule has 0 bridgehead atoms. The molecule has 0 saturated heterocycles. The third kappa shape index (κ3) is 4.32. The van der Waals surface area contributed by atoms with E-state index in [-0.39, 0.29) is 0 Å². The third-order valence-corrected chi connectivity index (χ3v) is 4.20. The minimum absolute atomic E-state index is 0.533. The zero-order valence-electron chi connectivity index (χ0n) is 12.6. The van der Waals surface area contributed by atoms with Crippen molar-refractivity contribution < 1.29 is 4.74 Å². The van der Waals surface area contributed by atoms with Gasteiger partial charge in [-0.2, -0.15) is 0 Å². The average molecular weight is 261 g/mol. The van der Waals surface area contributed by atoms with Crippen LogP contribution >= 0.6 is 0 Å². The van der Waals surface area contributed by atoms with Gasteiger partial charge in [-0.05, 0) is 55.9 Å². The molecule has 1 N–H and O–H groups in total. The topological polar surface area (TPSA) is 21.3 Å². The quantitative estimate of drug-likeness (QED) is 0.789. The molecule has 0 radical (unpaired) electrons. The van der Waals surface area contributed by atoms with Crippen LogP contribution in [0.2, 0.25) is 0 Å². The van der Waals surface area contributed by atoms with E-state index in [1.54, 1.807) is 0 Å². The number of hydrogen-bond acceptors (Lipinski definition) is 2. The van der Waals surface area contributed by atoms with E-state index in [1.807, 2.05) is 0 Å². The molecule has 0 spiro atoms. The molecule has 1 aliphatic rings. The highest BCUT2D eigenvalue weighted by Gasteiger charge is 2.14. The minimum atomic E-state index is 0.533. The first-order valence-electron chi connectivity index (χ1n) is 7.56. The number of hydrogen-bond donors (Lipinski definition) is 1. The van der Waals surface area contributed by atoms with E-state index in [2.05, 4.69) is 38.2 Å². The lowest BCUT2D eigenvalue weighted by Gasteiger charge is -2.13. The van der Waals surface area contributed by atoms with E-state index < -0.39 is 0 Å². The largest absolute Gasteiger partial charge is 0.377 e. The van der Waals surface area contributed by atoms with E-state index in [1.165, 1.54) is 47.9 Å². The summed E-state index contributed by atoms with van der Waals surface area (Å²) < 4.78 is 5.85. The molecular weight excluding hydrogens is 234 g/mol. The molecule has 0 heterocycles. The number of benzene rings is 1. The molecule has 2 heteroatoms. The second-order valence-electron chi connectivity index (χ2n) is 5.82. The molecule has 19 heavy (non-hydrogen) atoms. The van der Waals surface area contributed by atoms with Gasteiger partial charge in [0, 0.05) is 13.1 Å². The predicted molar refractivity (Wildman–Crippen MR) is 80.6 cm³/mol. The van der Waals surface area contributed by atoms with Crippen molar-refractivity contribution in [1.82, 2.24) is 5.32 Å². The fourth-order valence-electron chi connectivity index (χ4n) is 2.79. The van der Waals surface area contributed by atoms with Gasteiger partial charge in [-0.15, -0.1) is 0 Å². The first-order chi connectivity index (χ1) is 9.16. The highest BCUT2D eigenvalue weighted by molar-refractivity contribution is 5.36. The highest BCUT2D eigenvalue weighted by Crippen LogP contribution is 2.20. The molecule has 0 atom stereocenters. The summed E-state index contributed by atoms with van der Waals surface area (Å²) >= 11 is 0. The van der Waals surface area contributed by atoms with Gasteiger partial charge in [0.1, 0.15) is 0 Å². The van der Waals surface area contributed by atoms with Gasteiger partial charge in [-0.1, -0.05) is 25.0 Å². The Morgan fingerprint density at radius 3 is 2.47 bits per heavy atom. The molecule has 1 fully saturated rings. The van der Waals surface area contributed by atoms with E-state index in [0.29, 0.717) is 6.10 Å². The Hall–Kier alpha value is -0.860. The van der Waals surface area contributed by atoms with Gasteiger partial charge in [0.05, 0.1) is 12.7 Å². The van der Waals surface area contributed by atoms with Crippen molar-refractivity contribution in [1.29, 1.82) is 0 Å². The monoisotopic (exact) mass is 261 g/mol. The standard InChI is InChI=1S/C17H27NO/c1-13-10-15(3)16(11-14(13)2)12-18-8-9-19-17-6-4-5-7-17/h10-11,17-18H,4-9,12H2,1-3H3. The Labute approximate surface area is 117 Å². The summed E-state index contributed by atoms with van der Waals surface area (Å²) in [6.07, 6.45) is 5.75. The predicted octanol–water partition coefficient (Wildman–Crippen LogP) is 3.66. The minimum Gasteiger partial charge on any atom is -0.377 e. The molecule has 1 aliphatic carbocycles. The summed E-state index contributed by atoms with van der Waals surface area (Å²) in [6, 6.07) is 4.58. The maximum absolute atomic E-state index is 5.85. The Balaban J connectivity index is 1.69. The first-order valence-corrected chi connectivity index (χ1v) is 7.56. The number of rotatable bonds is 6. The molecule has 1 aromatic rings. The highest BCUT2D eigenvalue weighted by atomic mass is 16.5. The van der Waals surface area contributed by atoms with Crippen LogP contribution in [0.15, 0.2) is 12.1 Å². The molecule has 0 amide bonds. The zero-order valence-corrected chi connectivity index (χ0v) is 12.6. The van der Waals surface area contributed by atoms with Gasteiger partial charge in [-0.3, -0.25) is 0 Å². The smallest absolute Gasteiger partial charge is 0.0594 e. The van der Waals surface area contributed by atoms with Gasteiger partial charge in [0.2, 0.25) is 0 Å². The van der Waals surface area contributed by atoms with Crippen LogP contribution in [0.4, 0.5) is 0 Å². The van der Waals surface area contributed by atoms with E-state index in [4.69, 9.17) is 4.74 Å². The molecule has 1 saturated carbocycles. The summed E-state index contributed by atoms with van der Waals surface area (Å²) in [4.78, 5) is 0. The molecule has 1 aromatic carbocycles. The number of nitrogens with one attached hydrogen (secondary N) is 1. The molecule has 0 aliphatic heterocycles. The average Bonchev–Trinajstić information content (AvgIpc) is 2.88. The maximum Gasteiger partial charge on any atom is 0.0594 e. The number of ether oxygens (including phenoxy) is 1. The fraction of sp³-hybridized carbons (Fsp3) is 0.647. The summed E-state index contributed by atoms with van der Waals surface area (Å²) in [5, 5.41) is 3.49. The van der Waals surface area contributed by atoms with Gasteiger partial charge in [0.25, 0.3) is 0 Å². The molecule has 0 aromatic heterocycles.